The highest BCUT2D eigenvalue weighted by Gasteiger charge is 2.35. The molecule has 37 heavy (non-hydrogen) atoms. The molecule has 1 saturated heterocycles. The SMILES string of the molecule is Cc1ccc(NC(=O)CN2C(=O)N/C(=C\c3ccccc3OCC(=O)Nc3ccc(F)cc3)C2=O)cc1. The van der Waals surface area contributed by atoms with E-state index >= 15 is 0 Å². The van der Waals surface area contributed by atoms with Crippen molar-refractivity contribution in [2.45, 2.75) is 6.92 Å². The molecule has 0 aromatic heterocycles. The molecule has 3 N–H and O–H groups in total. The highest BCUT2D eigenvalue weighted by molar-refractivity contribution is 6.16. The molecule has 0 atom stereocenters. The Morgan fingerprint density at radius 2 is 1.54 bits per heavy atom. The van der Waals surface area contributed by atoms with Gasteiger partial charge in [-0.05, 0) is 55.5 Å². The quantitative estimate of drug-likeness (QED) is 0.321. The number of ether oxygens (including phenoxy) is 1. The van der Waals surface area contributed by atoms with Crippen LogP contribution in [0.25, 0.3) is 6.08 Å². The molecule has 0 radical (unpaired) electrons. The molecule has 1 aliphatic heterocycles. The van der Waals surface area contributed by atoms with E-state index in [4.69, 9.17) is 4.74 Å². The number of nitrogens with one attached hydrogen (secondary N) is 3. The van der Waals surface area contributed by atoms with Gasteiger partial charge in [-0.2, -0.15) is 0 Å². The number of benzene rings is 3. The van der Waals surface area contributed by atoms with Gasteiger partial charge in [0.1, 0.15) is 23.8 Å². The van der Waals surface area contributed by atoms with Crippen molar-refractivity contribution < 1.29 is 28.3 Å². The van der Waals surface area contributed by atoms with Crippen molar-refractivity contribution in [3.8, 4) is 5.75 Å². The normalized spacial score (nSPS) is 13.9. The van der Waals surface area contributed by atoms with Crippen LogP contribution < -0.4 is 20.7 Å². The zero-order valence-corrected chi connectivity index (χ0v) is 19.8. The fourth-order valence-corrected chi connectivity index (χ4v) is 3.46. The number of nitrogens with zero attached hydrogens (tertiary/aromatic N) is 1. The maximum atomic E-state index is 13.0. The van der Waals surface area contributed by atoms with Crippen LogP contribution in [0.2, 0.25) is 0 Å². The zero-order chi connectivity index (χ0) is 26.4. The summed E-state index contributed by atoms with van der Waals surface area (Å²) >= 11 is 0. The monoisotopic (exact) mass is 502 g/mol. The fourth-order valence-electron chi connectivity index (χ4n) is 3.46. The Bertz CT molecular complexity index is 1370. The molecule has 0 aliphatic carbocycles. The lowest BCUT2D eigenvalue weighted by molar-refractivity contribution is -0.127. The van der Waals surface area contributed by atoms with Crippen LogP contribution in [-0.4, -0.2) is 41.8 Å². The number of carbonyl (C=O) groups excluding carboxylic acids is 4. The van der Waals surface area contributed by atoms with Crippen LogP contribution in [0.5, 0.6) is 5.75 Å². The van der Waals surface area contributed by atoms with Gasteiger partial charge in [0, 0.05) is 16.9 Å². The molecule has 5 amide bonds. The summed E-state index contributed by atoms with van der Waals surface area (Å²) in [5.41, 5.74) is 2.38. The van der Waals surface area contributed by atoms with E-state index in [2.05, 4.69) is 16.0 Å². The summed E-state index contributed by atoms with van der Waals surface area (Å²) in [4.78, 5) is 50.6. The first-order valence-corrected chi connectivity index (χ1v) is 11.3. The highest BCUT2D eigenvalue weighted by Crippen LogP contribution is 2.23. The number of halogens is 1. The number of amides is 5. The molecule has 0 bridgehead atoms. The second-order valence-electron chi connectivity index (χ2n) is 8.18. The molecule has 1 aliphatic rings. The number of carbonyl (C=O) groups is 4. The number of imide groups is 1. The van der Waals surface area contributed by atoms with E-state index in [1.807, 2.05) is 19.1 Å². The Balaban J connectivity index is 1.39. The molecule has 0 saturated carbocycles. The average Bonchev–Trinajstić information content (AvgIpc) is 3.13. The van der Waals surface area contributed by atoms with Crippen molar-refractivity contribution in [1.29, 1.82) is 0 Å². The standard InChI is InChI=1S/C27H23FN4O5/c1-17-6-10-20(11-7-17)29-24(33)15-32-26(35)22(31-27(32)36)14-18-4-2-3-5-23(18)37-16-25(34)30-21-12-8-19(28)9-13-21/h2-14H,15-16H2,1H3,(H,29,33)(H,30,34)(H,31,36)/b22-14-. The summed E-state index contributed by atoms with van der Waals surface area (Å²) in [7, 11) is 0. The van der Waals surface area contributed by atoms with Gasteiger partial charge in [-0.3, -0.25) is 14.4 Å². The van der Waals surface area contributed by atoms with Crippen LogP contribution in [0.3, 0.4) is 0 Å². The molecule has 188 valence electrons. The third-order valence-electron chi connectivity index (χ3n) is 5.30. The van der Waals surface area contributed by atoms with E-state index in [-0.39, 0.29) is 12.3 Å². The number of urea groups is 1. The van der Waals surface area contributed by atoms with Gasteiger partial charge in [0.15, 0.2) is 6.61 Å². The van der Waals surface area contributed by atoms with Crippen LogP contribution in [0.1, 0.15) is 11.1 Å². The van der Waals surface area contributed by atoms with Crippen LogP contribution in [0.4, 0.5) is 20.6 Å². The van der Waals surface area contributed by atoms with Crippen molar-refractivity contribution in [1.82, 2.24) is 10.2 Å². The molecule has 1 fully saturated rings. The third kappa shape index (κ3) is 6.57. The maximum Gasteiger partial charge on any atom is 0.329 e. The van der Waals surface area contributed by atoms with Crippen LogP contribution in [0, 0.1) is 12.7 Å². The predicted octanol–water partition coefficient (Wildman–Crippen LogP) is 3.68. The molecule has 10 heteroatoms. The summed E-state index contributed by atoms with van der Waals surface area (Å²) in [5.74, 6) is -1.79. The second-order valence-corrected chi connectivity index (χ2v) is 8.18. The van der Waals surface area contributed by atoms with Gasteiger partial charge in [0.25, 0.3) is 11.8 Å². The summed E-state index contributed by atoms with van der Waals surface area (Å²) < 4.78 is 18.6. The lowest BCUT2D eigenvalue weighted by Crippen LogP contribution is -2.38. The topological polar surface area (TPSA) is 117 Å². The van der Waals surface area contributed by atoms with Gasteiger partial charge in [-0.15, -0.1) is 0 Å². The van der Waals surface area contributed by atoms with Gasteiger partial charge in [-0.25, -0.2) is 14.1 Å². The van der Waals surface area contributed by atoms with E-state index in [1.165, 1.54) is 30.3 Å². The number of anilines is 2. The minimum atomic E-state index is -0.729. The van der Waals surface area contributed by atoms with Crippen molar-refractivity contribution >= 4 is 41.2 Å². The lowest BCUT2D eigenvalue weighted by Gasteiger charge is -2.12. The Kier molecular flexibility index (Phi) is 7.58. The minimum absolute atomic E-state index is 0.0417. The predicted molar refractivity (Wildman–Crippen MR) is 135 cm³/mol. The van der Waals surface area contributed by atoms with E-state index < -0.39 is 36.1 Å². The molecule has 0 unspecified atom stereocenters. The summed E-state index contributed by atoms with van der Waals surface area (Å²) in [6.07, 6.45) is 1.41. The first-order chi connectivity index (χ1) is 17.8. The Morgan fingerprint density at radius 1 is 0.919 bits per heavy atom. The van der Waals surface area contributed by atoms with E-state index in [1.54, 1.807) is 36.4 Å². The van der Waals surface area contributed by atoms with Gasteiger partial charge in [-0.1, -0.05) is 35.9 Å². The number of para-hydroxylation sites is 1. The highest BCUT2D eigenvalue weighted by atomic mass is 19.1. The first kappa shape index (κ1) is 25.1. The van der Waals surface area contributed by atoms with E-state index in [0.29, 0.717) is 22.7 Å². The first-order valence-electron chi connectivity index (χ1n) is 11.3. The van der Waals surface area contributed by atoms with Gasteiger partial charge in [0.2, 0.25) is 5.91 Å². The molecule has 1 heterocycles. The van der Waals surface area contributed by atoms with Crippen molar-refractivity contribution in [3.63, 3.8) is 0 Å². The second kappa shape index (κ2) is 11.2. The largest absolute Gasteiger partial charge is 0.483 e. The smallest absolute Gasteiger partial charge is 0.329 e. The average molecular weight is 503 g/mol. The van der Waals surface area contributed by atoms with Crippen LogP contribution >= 0.6 is 0 Å². The minimum Gasteiger partial charge on any atom is -0.483 e. The lowest BCUT2D eigenvalue weighted by atomic mass is 10.1. The van der Waals surface area contributed by atoms with E-state index in [0.717, 1.165) is 10.5 Å². The fraction of sp³-hybridized carbons (Fsp3) is 0.111. The molecule has 3 aromatic carbocycles. The Morgan fingerprint density at radius 3 is 2.24 bits per heavy atom. The summed E-state index contributed by atoms with van der Waals surface area (Å²) in [6.45, 7) is 1.11. The summed E-state index contributed by atoms with van der Waals surface area (Å²) in [5, 5.41) is 7.70. The van der Waals surface area contributed by atoms with Gasteiger partial charge >= 0.3 is 6.03 Å². The molecule has 0 spiro atoms. The summed E-state index contributed by atoms with van der Waals surface area (Å²) in [6, 6.07) is 18.3. The van der Waals surface area contributed by atoms with Crippen molar-refractivity contribution in [2.75, 3.05) is 23.8 Å². The Hall–Kier alpha value is -4.99. The number of hydrogen-bond donors (Lipinski definition) is 3. The molecule has 3 aromatic rings. The molecular weight excluding hydrogens is 479 g/mol. The van der Waals surface area contributed by atoms with E-state index in [9.17, 15) is 23.6 Å². The van der Waals surface area contributed by atoms with Gasteiger partial charge < -0.3 is 20.7 Å². The van der Waals surface area contributed by atoms with Crippen LogP contribution in [0.15, 0.2) is 78.5 Å². The Labute approximate surface area is 211 Å². The number of rotatable bonds is 8. The number of hydrogen-bond acceptors (Lipinski definition) is 5. The maximum absolute atomic E-state index is 13.0. The van der Waals surface area contributed by atoms with Crippen molar-refractivity contribution in [2.24, 2.45) is 0 Å². The van der Waals surface area contributed by atoms with Crippen LogP contribution in [-0.2, 0) is 14.4 Å². The van der Waals surface area contributed by atoms with Crippen molar-refractivity contribution in [3.05, 3.63) is 95.4 Å². The zero-order valence-electron chi connectivity index (χ0n) is 19.8. The molecule has 9 nitrogen and oxygen atoms in total. The molecular formula is C27H23FN4O5. The third-order valence-corrected chi connectivity index (χ3v) is 5.30. The molecule has 4 rings (SSSR count). The number of aryl methyl sites for hydroxylation is 1. The van der Waals surface area contributed by atoms with Gasteiger partial charge in [0.05, 0.1) is 0 Å².